The molecule has 1 atom stereocenters. The molecule has 2 aliphatic heterocycles. The van der Waals surface area contributed by atoms with Gasteiger partial charge in [0.15, 0.2) is 0 Å². The fourth-order valence-corrected chi connectivity index (χ4v) is 4.75. The summed E-state index contributed by atoms with van der Waals surface area (Å²) in [5.74, 6) is 0.607. The van der Waals surface area contributed by atoms with Crippen LogP contribution in [0.5, 0.6) is 0 Å². The van der Waals surface area contributed by atoms with Gasteiger partial charge in [0.1, 0.15) is 0 Å². The van der Waals surface area contributed by atoms with Gasteiger partial charge >= 0.3 is 0 Å². The van der Waals surface area contributed by atoms with Crippen LogP contribution in [0.15, 0.2) is 29.9 Å². The number of rotatable bonds is 7. The smallest absolute Gasteiger partial charge is 0.0964 e. The van der Waals surface area contributed by atoms with Gasteiger partial charge in [-0.2, -0.15) is 0 Å². The zero-order chi connectivity index (χ0) is 17.1. The van der Waals surface area contributed by atoms with Crippen molar-refractivity contribution in [1.29, 1.82) is 0 Å². The summed E-state index contributed by atoms with van der Waals surface area (Å²) >= 11 is 1.75. The molecule has 2 aromatic heterocycles. The van der Waals surface area contributed by atoms with E-state index in [0.29, 0.717) is 12.5 Å². The predicted molar refractivity (Wildman–Crippen MR) is 97.4 cm³/mol. The molecule has 0 saturated carbocycles. The van der Waals surface area contributed by atoms with Gasteiger partial charge in [0.2, 0.25) is 0 Å². The summed E-state index contributed by atoms with van der Waals surface area (Å²) in [7, 11) is 0. The molecule has 134 valence electrons. The second-order valence-corrected chi connectivity index (χ2v) is 8.01. The van der Waals surface area contributed by atoms with Crippen molar-refractivity contribution in [3.8, 4) is 0 Å². The molecule has 0 N–H and O–H groups in total. The summed E-state index contributed by atoms with van der Waals surface area (Å²) < 4.78 is 12.0. The van der Waals surface area contributed by atoms with Crippen molar-refractivity contribution in [3.63, 3.8) is 0 Å². The molecule has 0 unspecified atom stereocenters. The van der Waals surface area contributed by atoms with Crippen LogP contribution in [0.1, 0.15) is 29.1 Å². The Bertz CT molecular complexity index is 685. The van der Waals surface area contributed by atoms with E-state index in [-0.39, 0.29) is 5.60 Å². The monoisotopic (exact) mass is 359 g/mol. The van der Waals surface area contributed by atoms with Crippen LogP contribution in [0.25, 0.3) is 0 Å². The Labute approximate surface area is 153 Å². The lowest BCUT2D eigenvalue weighted by Gasteiger charge is -2.50. The normalized spacial score (nSPS) is 22.4. The maximum Gasteiger partial charge on any atom is 0.0964 e. The average Bonchev–Trinajstić information content (AvgIpc) is 3.19. The minimum absolute atomic E-state index is 0.0625. The summed E-state index contributed by atoms with van der Waals surface area (Å²) in [4.78, 5) is 12.5. The number of nitrogens with zero attached hydrogens (tertiary/aromatic N) is 3. The number of likely N-dealkylation sites (tertiary alicyclic amines) is 1. The van der Waals surface area contributed by atoms with Gasteiger partial charge < -0.3 is 9.47 Å². The van der Waals surface area contributed by atoms with Crippen LogP contribution < -0.4 is 0 Å². The fraction of sp³-hybridized carbons (Fsp3) is 0.579. The van der Waals surface area contributed by atoms with Gasteiger partial charge in [0.25, 0.3) is 0 Å². The SMILES string of the molecule is Cc1ncsc1CN1CC2(C1)OCC[C@@H]2CCOCc1ccccn1. The van der Waals surface area contributed by atoms with Gasteiger partial charge in [-0.05, 0) is 37.8 Å². The van der Waals surface area contributed by atoms with Crippen LogP contribution in [0.4, 0.5) is 0 Å². The Kier molecular flexibility index (Phi) is 5.12. The fourth-order valence-electron chi connectivity index (χ4n) is 3.93. The van der Waals surface area contributed by atoms with Gasteiger partial charge in [-0.25, -0.2) is 4.98 Å². The molecule has 1 spiro atoms. The lowest BCUT2D eigenvalue weighted by Crippen LogP contribution is -2.64. The van der Waals surface area contributed by atoms with E-state index in [4.69, 9.17) is 9.47 Å². The van der Waals surface area contributed by atoms with E-state index < -0.39 is 0 Å². The van der Waals surface area contributed by atoms with E-state index in [1.807, 2.05) is 29.9 Å². The molecule has 2 fully saturated rings. The number of aryl methyl sites for hydroxylation is 1. The molecular formula is C19H25N3O2S. The second kappa shape index (κ2) is 7.50. The van der Waals surface area contributed by atoms with Crippen molar-refractivity contribution in [3.05, 3.63) is 46.2 Å². The van der Waals surface area contributed by atoms with Crippen LogP contribution in [0, 0.1) is 12.8 Å². The minimum atomic E-state index is 0.0625. The maximum absolute atomic E-state index is 6.16. The van der Waals surface area contributed by atoms with Crippen molar-refractivity contribution < 1.29 is 9.47 Å². The summed E-state index contributed by atoms with van der Waals surface area (Å²) in [5, 5.41) is 0. The summed E-state index contributed by atoms with van der Waals surface area (Å²) in [6.45, 7) is 7.43. The standard InChI is InChI=1S/C19H25N3O2S/c1-15-18(25-14-21-15)10-22-12-19(13-22)16(6-9-24-19)5-8-23-11-17-4-2-3-7-20-17/h2-4,7,14,16H,5-6,8-13H2,1H3/t16-/m0/s1. The topological polar surface area (TPSA) is 47.5 Å². The molecule has 4 heterocycles. The molecule has 0 aromatic carbocycles. The molecule has 6 heteroatoms. The average molecular weight is 359 g/mol. The third-order valence-corrected chi connectivity index (χ3v) is 6.30. The van der Waals surface area contributed by atoms with E-state index in [1.54, 1.807) is 11.3 Å². The van der Waals surface area contributed by atoms with Crippen LogP contribution in [-0.4, -0.2) is 46.8 Å². The van der Waals surface area contributed by atoms with Crippen LogP contribution >= 0.6 is 11.3 Å². The molecular weight excluding hydrogens is 334 g/mol. The summed E-state index contributed by atoms with van der Waals surface area (Å²) in [5.41, 5.74) is 4.16. The van der Waals surface area contributed by atoms with Gasteiger partial charge in [-0.3, -0.25) is 9.88 Å². The highest BCUT2D eigenvalue weighted by atomic mass is 32.1. The first-order valence-electron chi connectivity index (χ1n) is 8.98. The third-order valence-electron chi connectivity index (χ3n) is 5.38. The lowest BCUT2D eigenvalue weighted by molar-refractivity contribution is -0.139. The highest BCUT2D eigenvalue weighted by molar-refractivity contribution is 7.09. The van der Waals surface area contributed by atoms with E-state index in [1.165, 1.54) is 4.88 Å². The molecule has 0 amide bonds. The third kappa shape index (κ3) is 3.77. The first-order valence-corrected chi connectivity index (χ1v) is 9.86. The molecule has 5 nitrogen and oxygen atoms in total. The maximum atomic E-state index is 6.16. The Hall–Kier alpha value is -1.34. The number of hydrogen-bond donors (Lipinski definition) is 0. The van der Waals surface area contributed by atoms with Crippen molar-refractivity contribution in [2.24, 2.45) is 5.92 Å². The van der Waals surface area contributed by atoms with Crippen molar-refractivity contribution in [1.82, 2.24) is 14.9 Å². The van der Waals surface area contributed by atoms with Gasteiger partial charge in [-0.15, -0.1) is 11.3 Å². The Morgan fingerprint density at radius 1 is 1.36 bits per heavy atom. The Balaban J connectivity index is 1.22. The quantitative estimate of drug-likeness (QED) is 0.711. The molecule has 4 rings (SSSR count). The van der Waals surface area contributed by atoms with Gasteiger partial charge in [0, 0.05) is 43.9 Å². The number of thiazole rings is 1. The van der Waals surface area contributed by atoms with Crippen LogP contribution in [0.2, 0.25) is 0 Å². The number of hydrogen-bond acceptors (Lipinski definition) is 6. The second-order valence-electron chi connectivity index (χ2n) is 7.07. The summed E-state index contributed by atoms with van der Waals surface area (Å²) in [6, 6.07) is 5.93. The number of ether oxygens (including phenoxy) is 2. The zero-order valence-corrected chi connectivity index (χ0v) is 15.5. The van der Waals surface area contributed by atoms with E-state index in [2.05, 4.69) is 21.8 Å². The minimum Gasteiger partial charge on any atom is -0.375 e. The summed E-state index contributed by atoms with van der Waals surface area (Å²) in [6.07, 6.45) is 4.03. The highest BCUT2D eigenvalue weighted by Gasteiger charge is 2.52. The first kappa shape index (κ1) is 17.1. The zero-order valence-electron chi connectivity index (χ0n) is 14.7. The van der Waals surface area contributed by atoms with E-state index >= 15 is 0 Å². The van der Waals surface area contributed by atoms with E-state index in [0.717, 1.165) is 57.1 Å². The Morgan fingerprint density at radius 2 is 2.28 bits per heavy atom. The molecule has 0 bridgehead atoms. The Morgan fingerprint density at radius 3 is 3.04 bits per heavy atom. The molecule has 2 aromatic rings. The van der Waals surface area contributed by atoms with Crippen molar-refractivity contribution >= 4 is 11.3 Å². The highest BCUT2D eigenvalue weighted by Crippen LogP contribution is 2.42. The van der Waals surface area contributed by atoms with Gasteiger partial charge in [0.05, 0.1) is 29.1 Å². The predicted octanol–water partition coefficient (Wildman–Crippen LogP) is 3.04. The number of aromatic nitrogens is 2. The molecule has 25 heavy (non-hydrogen) atoms. The molecule has 2 aliphatic rings. The largest absolute Gasteiger partial charge is 0.375 e. The van der Waals surface area contributed by atoms with Crippen molar-refractivity contribution in [2.45, 2.75) is 38.5 Å². The lowest BCUT2D eigenvalue weighted by atomic mass is 9.79. The van der Waals surface area contributed by atoms with Gasteiger partial charge in [-0.1, -0.05) is 6.07 Å². The number of pyridine rings is 1. The molecule has 0 radical (unpaired) electrons. The first-order chi connectivity index (χ1) is 12.3. The van der Waals surface area contributed by atoms with Crippen LogP contribution in [-0.2, 0) is 22.6 Å². The molecule has 0 aliphatic carbocycles. The molecule has 2 saturated heterocycles. The van der Waals surface area contributed by atoms with Crippen LogP contribution in [0.3, 0.4) is 0 Å². The van der Waals surface area contributed by atoms with Crippen molar-refractivity contribution in [2.75, 3.05) is 26.3 Å². The van der Waals surface area contributed by atoms with E-state index in [9.17, 15) is 0 Å².